The number of carbonyl (C=O) groups excluding carboxylic acids is 1. The van der Waals surface area contributed by atoms with Crippen molar-refractivity contribution in [3.05, 3.63) is 59.7 Å². The third-order valence-corrected chi connectivity index (χ3v) is 3.72. The Balaban J connectivity index is 2.30. The van der Waals surface area contributed by atoms with E-state index < -0.39 is 23.9 Å². The number of carbonyl (C=O) groups is 1. The van der Waals surface area contributed by atoms with Gasteiger partial charge >= 0.3 is 18.2 Å². The molecule has 2 aromatic carbocycles. The normalized spacial score (nSPS) is 12.1. The summed E-state index contributed by atoms with van der Waals surface area (Å²) in [5.74, 6) is -0.174. The van der Waals surface area contributed by atoms with Crippen molar-refractivity contribution in [1.82, 2.24) is 0 Å². The van der Waals surface area contributed by atoms with Crippen LogP contribution in [0.1, 0.15) is 30.6 Å². The molecule has 0 saturated carbocycles. The van der Waals surface area contributed by atoms with Crippen molar-refractivity contribution in [3.63, 3.8) is 0 Å². The minimum Gasteiger partial charge on any atom is -0.441 e. The standard InChI is InChI=1S/C19H18F3N3O3/c1-11(23)27-17(24)10-16(28-18(25)26)14-4-2-3-13(9-14)12-5-7-15(8-6-12)19(20,21)22/h2-9,16,23-24H,10H2,1H3,(H2,25,26)/p+1. The van der Waals surface area contributed by atoms with Crippen LogP contribution < -0.4 is 11.1 Å². The fourth-order valence-electron chi connectivity index (χ4n) is 2.54. The van der Waals surface area contributed by atoms with Crippen molar-refractivity contribution in [3.8, 4) is 11.1 Å². The molecule has 0 heterocycles. The topological polar surface area (TPSA) is 111 Å². The zero-order valence-electron chi connectivity index (χ0n) is 14.9. The molecule has 0 fully saturated rings. The Labute approximate surface area is 159 Å². The maximum atomic E-state index is 12.7. The van der Waals surface area contributed by atoms with E-state index in [2.05, 4.69) is 0 Å². The predicted octanol–water partition coefficient (Wildman–Crippen LogP) is 3.07. The fourth-order valence-corrected chi connectivity index (χ4v) is 2.54. The van der Waals surface area contributed by atoms with Gasteiger partial charge < -0.3 is 15.2 Å². The number of alkyl halides is 3. The minimum absolute atomic E-state index is 0.0568. The Morgan fingerprint density at radius 1 is 1.18 bits per heavy atom. The van der Waals surface area contributed by atoms with Crippen LogP contribution in [0.25, 0.3) is 11.1 Å². The van der Waals surface area contributed by atoms with Gasteiger partial charge in [-0.25, -0.2) is 10.2 Å². The van der Waals surface area contributed by atoms with Crippen LogP contribution in [0.15, 0.2) is 48.5 Å². The molecule has 1 unspecified atom stereocenters. The van der Waals surface area contributed by atoms with E-state index in [1.54, 1.807) is 24.3 Å². The minimum atomic E-state index is -4.42. The SMILES string of the molecule is CC(=[NH2+])OC(=N)CC(OC(N)=O)c1cccc(-c2ccc(C(F)(F)F)cc2)c1. The summed E-state index contributed by atoms with van der Waals surface area (Å²) >= 11 is 0. The van der Waals surface area contributed by atoms with Gasteiger partial charge in [0.1, 0.15) is 6.10 Å². The van der Waals surface area contributed by atoms with E-state index in [4.69, 9.17) is 26.0 Å². The van der Waals surface area contributed by atoms with Gasteiger partial charge in [-0.15, -0.1) is 0 Å². The lowest BCUT2D eigenvalue weighted by Gasteiger charge is -2.18. The van der Waals surface area contributed by atoms with Crippen molar-refractivity contribution in [1.29, 1.82) is 5.41 Å². The van der Waals surface area contributed by atoms with Crippen molar-refractivity contribution < 1.29 is 32.8 Å². The maximum Gasteiger partial charge on any atom is 0.416 e. The second kappa shape index (κ2) is 8.55. The van der Waals surface area contributed by atoms with Crippen LogP contribution in [0.5, 0.6) is 0 Å². The molecule has 0 aliphatic heterocycles. The van der Waals surface area contributed by atoms with Gasteiger partial charge in [0.25, 0.3) is 0 Å². The number of halogens is 3. The molecule has 0 radical (unpaired) electrons. The third-order valence-electron chi connectivity index (χ3n) is 3.72. The highest BCUT2D eigenvalue weighted by molar-refractivity contribution is 5.86. The predicted molar refractivity (Wildman–Crippen MR) is 96.3 cm³/mol. The van der Waals surface area contributed by atoms with Crippen LogP contribution in [0, 0.1) is 5.41 Å². The number of ether oxygens (including phenoxy) is 2. The van der Waals surface area contributed by atoms with Crippen molar-refractivity contribution in [2.75, 3.05) is 0 Å². The molecule has 0 saturated heterocycles. The number of hydrogen-bond acceptors (Lipinski definition) is 4. The summed E-state index contributed by atoms with van der Waals surface area (Å²) < 4.78 is 48.2. The van der Waals surface area contributed by atoms with Crippen LogP contribution >= 0.6 is 0 Å². The lowest BCUT2D eigenvalue weighted by molar-refractivity contribution is -0.137. The Morgan fingerprint density at radius 2 is 1.82 bits per heavy atom. The lowest BCUT2D eigenvalue weighted by atomic mass is 9.98. The van der Waals surface area contributed by atoms with Gasteiger partial charge in [0.15, 0.2) is 5.90 Å². The molecule has 6 nitrogen and oxygen atoms in total. The van der Waals surface area contributed by atoms with Gasteiger partial charge in [-0.2, -0.15) is 13.2 Å². The molecular weight excluding hydrogens is 375 g/mol. The van der Waals surface area contributed by atoms with Crippen LogP contribution in [0.2, 0.25) is 0 Å². The largest absolute Gasteiger partial charge is 0.441 e. The molecule has 1 atom stereocenters. The number of amides is 1. The Morgan fingerprint density at radius 3 is 2.36 bits per heavy atom. The molecule has 0 bridgehead atoms. The van der Waals surface area contributed by atoms with Gasteiger partial charge in [-0.3, -0.25) is 5.41 Å². The highest BCUT2D eigenvalue weighted by atomic mass is 19.4. The summed E-state index contributed by atoms with van der Waals surface area (Å²) in [5, 5.41) is 13.2. The molecule has 28 heavy (non-hydrogen) atoms. The van der Waals surface area contributed by atoms with E-state index in [1.807, 2.05) is 0 Å². The summed E-state index contributed by atoms with van der Waals surface area (Å²) in [7, 11) is 0. The Bertz CT molecular complexity index is 880. The van der Waals surface area contributed by atoms with E-state index in [0.29, 0.717) is 16.7 Å². The second-order valence-corrected chi connectivity index (χ2v) is 5.97. The molecule has 2 rings (SSSR count). The molecule has 0 aromatic heterocycles. The molecule has 5 N–H and O–H groups in total. The number of primary amides is 1. The van der Waals surface area contributed by atoms with Crippen LogP contribution in [0.3, 0.4) is 0 Å². The zero-order chi connectivity index (χ0) is 20.9. The number of rotatable bonds is 5. The molecule has 2 aromatic rings. The first-order valence-corrected chi connectivity index (χ1v) is 8.14. The molecule has 1 amide bonds. The number of benzene rings is 2. The van der Waals surface area contributed by atoms with Gasteiger partial charge in [0.05, 0.1) is 18.9 Å². The molecule has 0 spiro atoms. The van der Waals surface area contributed by atoms with Crippen molar-refractivity contribution >= 4 is 17.9 Å². The number of nitrogens with one attached hydrogen (secondary N) is 1. The van der Waals surface area contributed by atoms with Crippen LogP contribution in [0.4, 0.5) is 18.0 Å². The molecular formula is C19H19F3N3O3+. The lowest BCUT2D eigenvalue weighted by Crippen LogP contribution is -2.40. The van der Waals surface area contributed by atoms with E-state index >= 15 is 0 Å². The van der Waals surface area contributed by atoms with Gasteiger partial charge in [0.2, 0.25) is 0 Å². The maximum absolute atomic E-state index is 12.7. The van der Waals surface area contributed by atoms with Gasteiger partial charge in [-0.1, -0.05) is 30.3 Å². The molecule has 148 valence electrons. The number of hydrogen-bond donors (Lipinski definition) is 3. The smallest absolute Gasteiger partial charge is 0.416 e. The highest BCUT2D eigenvalue weighted by Gasteiger charge is 2.30. The first kappa shape index (κ1) is 20.9. The van der Waals surface area contributed by atoms with Crippen molar-refractivity contribution in [2.24, 2.45) is 5.73 Å². The summed E-state index contributed by atoms with van der Waals surface area (Å²) in [6.07, 6.45) is -6.49. The highest BCUT2D eigenvalue weighted by Crippen LogP contribution is 2.32. The first-order valence-electron chi connectivity index (χ1n) is 8.14. The van der Waals surface area contributed by atoms with Crippen molar-refractivity contribution in [2.45, 2.75) is 25.6 Å². The average molecular weight is 394 g/mol. The summed E-state index contributed by atoms with van der Waals surface area (Å²) in [6.45, 7) is 1.46. The molecule has 0 aliphatic rings. The quantitative estimate of drug-likeness (QED) is 0.535. The van der Waals surface area contributed by atoms with Crippen LogP contribution in [-0.4, -0.2) is 17.9 Å². The summed E-state index contributed by atoms with van der Waals surface area (Å²) in [6, 6.07) is 11.3. The first-order chi connectivity index (χ1) is 13.1. The molecule has 0 aliphatic carbocycles. The Hall–Kier alpha value is -3.36. The van der Waals surface area contributed by atoms with Gasteiger partial charge in [0, 0.05) is 0 Å². The fraction of sp³-hybridized carbons (Fsp3) is 0.211. The monoisotopic (exact) mass is 394 g/mol. The summed E-state index contributed by atoms with van der Waals surface area (Å²) in [5.41, 5.74) is 6.01. The van der Waals surface area contributed by atoms with Gasteiger partial charge in [-0.05, 0) is 34.9 Å². The third kappa shape index (κ3) is 5.83. The molecule has 9 heteroatoms. The summed E-state index contributed by atoms with van der Waals surface area (Å²) in [4.78, 5) is 11.2. The van der Waals surface area contributed by atoms with Crippen LogP contribution in [-0.2, 0) is 15.7 Å². The second-order valence-electron chi connectivity index (χ2n) is 5.97. The number of nitrogens with two attached hydrogens (primary N) is 2. The van der Waals surface area contributed by atoms with E-state index in [0.717, 1.165) is 12.1 Å². The van der Waals surface area contributed by atoms with E-state index in [-0.39, 0.29) is 18.2 Å². The van der Waals surface area contributed by atoms with E-state index in [1.165, 1.54) is 19.1 Å². The van der Waals surface area contributed by atoms with E-state index in [9.17, 15) is 18.0 Å². The average Bonchev–Trinajstić information content (AvgIpc) is 2.59. The Kier molecular flexibility index (Phi) is 6.40. The zero-order valence-corrected chi connectivity index (χ0v) is 14.9.